The molecular formula is C14H20N4O5S. The van der Waals surface area contributed by atoms with Gasteiger partial charge in [0, 0.05) is 26.6 Å². The average Bonchev–Trinajstić information content (AvgIpc) is 2.51. The SMILES string of the molecule is CC(=O)NC(C)C(=O)NNC(=O)c1cccc(S(=O)(=O)N(C)C)c1. The normalized spacial score (nSPS) is 12.4. The molecule has 0 aliphatic rings. The predicted molar refractivity (Wildman–Crippen MR) is 86.2 cm³/mol. The molecule has 0 radical (unpaired) electrons. The van der Waals surface area contributed by atoms with Gasteiger partial charge in [-0.15, -0.1) is 0 Å². The van der Waals surface area contributed by atoms with E-state index in [2.05, 4.69) is 16.2 Å². The Kier molecular flexibility index (Phi) is 6.43. The molecule has 0 aliphatic heterocycles. The fourth-order valence-electron chi connectivity index (χ4n) is 1.68. The van der Waals surface area contributed by atoms with Gasteiger partial charge in [-0.05, 0) is 25.1 Å². The highest BCUT2D eigenvalue weighted by molar-refractivity contribution is 7.89. The van der Waals surface area contributed by atoms with E-state index in [4.69, 9.17) is 0 Å². The van der Waals surface area contributed by atoms with Crippen molar-refractivity contribution in [3.63, 3.8) is 0 Å². The molecule has 24 heavy (non-hydrogen) atoms. The third-order valence-corrected chi connectivity index (χ3v) is 4.80. The Morgan fingerprint density at radius 1 is 1.12 bits per heavy atom. The Morgan fingerprint density at radius 3 is 2.29 bits per heavy atom. The molecule has 1 aromatic rings. The minimum Gasteiger partial charge on any atom is -0.345 e. The fraction of sp³-hybridized carbons (Fsp3) is 0.357. The molecule has 1 unspecified atom stereocenters. The van der Waals surface area contributed by atoms with Crippen molar-refractivity contribution >= 4 is 27.7 Å². The maximum absolute atomic E-state index is 12.0. The van der Waals surface area contributed by atoms with Crippen molar-refractivity contribution in [2.75, 3.05) is 14.1 Å². The molecule has 0 spiro atoms. The van der Waals surface area contributed by atoms with Crippen LogP contribution in [0.3, 0.4) is 0 Å². The van der Waals surface area contributed by atoms with Crippen molar-refractivity contribution < 1.29 is 22.8 Å². The summed E-state index contributed by atoms with van der Waals surface area (Å²) in [5.41, 5.74) is 4.38. The van der Waals surface area contributed by atoms with Crippen LogP contribution < -0.4 is 16.2 Å². The zero-order valence-electron chi connectivity index (χ0n) is 13.8. The number of hydrogen-bond donors (Lipinski definition) is 3. The third-order valence-electron chi connectivity index (χ3n) is 2.99. The zero-order valence-corrected chi connectivity index (χ0v) is 14.6. The van der Waals surface area contributed by atoms with E-state index in [9.17, 15) is 22.8 Å². The highest BCUT2D eigenvalue weighted by Gasteiger charge is 2.19. The number of carbonyl (C=O) groups excluding carboxylic acids is 3. The molecule has 0 aromatic heterocycles. The zero-order chi connectivity index (χ0) is 18.5. The third kappa shape index (κ3) is 5.03. The number of rotatable bonds is 5. The van der Waals surface area contributed by atoms with Crippen LogP contribution in [0.25, 0.3) is 0 Å². The Labute approximate surface area is 140 Å². The van der Waals surface area contributed by atoms with Gasteiger partial charge in [-0.1, -0.05) is 6.07 Å². The standard InChI is InChI=1S/C14H20N4O5S/c1-9(15-10(2)19)13(20)16-17-14(21)11-6-5-7-12(8-11)24(22,23)18(3)4/h5-9H,1-4H3,(H,15,19)(H,16,20)(H,17,21). The maximum atomic E-state index is 12.0. The Balaban J connectivity index is 2.80. The van der Waals surface area contributed by atoms with Crippen LogP contribution >= 0.6 is 0 Å². The van der Waals surface area contributed by atoms with Gasteiger partial charge in [0.2, 0.25) is 15.9 Å². The van der Waals surface area contributed by atoms with E-state index in [1.807, 2.05) is 0 Å². The van der Waals surface area contributed by atoms with Crippen molar-refractivity contribution in [3.8, 4) is 0 Å². The number of hydrogen-bond acceptors (Lipinski definition) is 5. The van der Waals surface area contributed by atoms with Crippen molar-refractivity contribution in [2.45, 2.75) is 24.8 Å². The number of nitrogens with one attached hydrogen (secondary N) is 3. The van der Waals surface area contributed by atoms with Gasteiger partial charge in [-0.2, -0.15) is 0 Å². The molecule has 132 valence electrons. The number of nitrogens with zero attached hydrogens (tertiary/aromatic N) is 1. The molecule has 0 heterocycles. The molecule has 3 amide bonds. The summed E-state index contributed by atoms with van der Waals surface area (Å²) in [5, 5.41) is 2.36. The van der Waals surface area contributed by atoms with Crippen LogP contribution in [0, 0.1) is 0 Å². The summed E-state index contributed by atoms with van der Waals surface area (Å²) >= 11 is 0. The molecule has 3 N–H and O–H groups in total. The summed E-state index contributed by atoms with van der Waals surface area (Å²) in [6.07, 6.45) is 0. The first kappa shape index (κ1) is 19.6. The second-order valence-electron chi connectivity index (χ2n) is 5.18. The van der Waals surface area contributed by atoms with Crippen molar-refractivity contribution in [2.24, 2.45) is 0 Å². The lowest BCUT2D eigenvalue weighted by molar-refractivity contribution is -0.128. The molecule has 1 atom stereocenters. The fourth-order valence-corrected chi connectivity index (χ4v) is 2.63. The Morgan fingerprint density at radius 2 is 1.75 bits per heavy atom. The summed E-state index contributed by atoms with van der Waals surface area (Å²) < 4.78 is 25.1. The number of amides is 3. The van der Waals surface area contributed by atoms with Crippen LogP contribution in [-0.2, 0) is 19.6 Å². The lowest BCUT2D eigenvalue weighted by atomic mass is 10.2. The summed E-state index contributed by atoms with van der Waals surface area (Å²) in [4.78, 5) is 34.5. The van der Waals surface area contributed by atoms with E-state index in [0.29, 0.717) is 0 Å². The highest BCUT2D eigenvalue weighted by Crippen LogP contribution is 2.14. The molecule has 10 heteroatoms. The first-order chi connectivity index (χ1) is 11.1. The van der Waals surface area contributed by atoms with Crippen LogP contribution in [0.1, 0.15) is 24.2 Å². The van der Waals surface area contributed by atoms with Gasteiger partial charge in [0.1, 0.15) is 6.04 Å². The number of sulfonamides is 1. The summed E-state index contributed by atoms with van der Waals surface area (Å²) in [6.45, 7) is 2.71. The Bertz CT molecular complexity index is 745. The molecule has 0 bridgehead atoms. The summed E-state index contributed by atoms with van der Waals surface area (Å²) in [5.74, 6) is -1.68. The van der Waals surface area contributed by atoms with E-state index in [0.717, 1.165) is 4.31 Å². The van der Waals surface area contributed by atoms with Gasteiger partial charge in [0.15, 0.2) is 0 Å². The predicted octanol–water partition coefficient (Wildman–Crippen LogP) is -0.777. The summed E-state index contributed by atoms with van der Waals surface area (Å²) in [7, 11) is -0.911. The second-order valence-corrected chi connectivity index (χ2v) is 7.33. The molecule has 0 saturated heterocycles. The van der Waals surface area contributed by atoms with Gasteiger partial charge >= 0.3 is 0 Å². The largest absolute Gasteiger partial charge is 0.345 e. The van der Waals surface area contributed by atoms with E-state index in [1.54, 1.807) is 0 Å². The average molecular weight is 356 g/mol. The van der Waals surface area contributed by atoms with Crippen LogP contribution in [-0.4, -0.2) is 50.6 Å². The quantitative estimate of drug-likeness (QED) is 0.597. The van der Waals surface area contributed by atoms with Gasteiger partial charge < -0.3 is 5.32 Å². The van der Waals surface area contributed by atoms with Crippen LogP contribution in [0.5, 0.6) is 0 Å². The lowest BCUT2D eigenvalue weighted by Crippen LogP contribution is -2.50. The minimum absolute atomic E-state index is 0.0434. The van der Waals surface area contributed by atoms with Crippen LogP contribution in [0.15, 0.2) is 29.2 Å². The van der Waals surface area contributed by atoms with Crippen molar-refractivity contribution in [1.82, 2.24) is 20.5 Å². The number of carbonyl (C=O) groups is 3. The molecule has 0 saturated carbocycles. The van der Waals surface area contributed by atoms with Gasteiger partial charge in [0.05, 0.1) is 4.90 Å². The summed E-state index contributed by atoms with van der Waals surface area (Å²) in [6, 6.07) is 4.57. The van der Waals surface area contributed by atoms with Gasteiger partial charge in [-0.3, -0.25) is 25.2 Å². The van der Waals surface area contributed by atoms with Crippen LogP contribution in [0.2, 0.25) is 0 Å². The van der Waals surface area contributed by atoms with E-state index in [1.165, 1.54) is 52.2 Å². The monoisotopic (exact) mass is 356 g/mol. The molecule has 0 aliphatic carbocycles. The molecule has 1 aromatic carbocycles. The van der Waals surface area contributed by atoms with Crippen molar-refractivity contribution in [3.05, 3.63) is 29.8 Å². The van der Waals surface area contributed by atoms with E-state index >= 15 is 0 Å². The molecule has 9 nitrogen and oxygen atoms in total. The van der Waals surface area contributed by atoms with Crippen molar-refractivity contribution in [1.29, 1.82) is 0 Å². The molecular weight excluding hydrogens is 336 g/mol. The van der Waals surface area contributed by atoms with E-state index in [-0.39, 0.29) is 16.4 Å². The highest BCUT2D eigenvalue weighted by atomic mass is 32.2. The smallest absolute Gasteiger partial charge is 0.269 e. The number of benzene rings is 1. The van der Waals surface area contributed by atoms with Crippen LogP contribution in [0.4, 0.5) is 0 Å². The topological polar surface area (TPSA) is 125 Å². The minimum atomic E-state index is -3.67. The van der Waals surface area contributed by atoms with Gasteiger partial charge in [0.25, 0.3) is 11.8 Å². The van der Waals surface area contributed by atoms with Gasteiger partial charge in [-0.25, -0.2) is 12.7 Å². The first-order valence-electron chi connectivity index (χ1n) is 6.95. The second kappa shape index (κ2) is 7.88. The van der Waals surface area contributed by atoms with E-state index < -0.39 is 27.9 Å². The molecule has 1 rings (SSSR count). The first-order valence-corrected chi connectivity index (χ1v) is 8.39. The Hall–Kier alpha value is -2.46. The maximum Gasteiger partial charge on any atom is 0.269 e. The number of hydrazine groups is 1. The lowest BCUT2D eigenvalue weighted by Gasteiger charge is -2.14. The molecule has 0 fully saturated rings.